The molecule has 0 saturated carbocycles. The number of hydrogen-bond donors (Lipinski definition) is 2. The van der Waals surface area contributed by atoms with E-state index in [1.165, 1.54) is 29.7 Å². The predicted molar refractivity (Wildman–Crippen MR) is 96.6 cm³/mol. The Morgan fingerprint density at radius 3 is 3.00 bits per heavy atom. The summed E-state index contributed by atoms with van der Waals surface area (Å²) in [5, 5.41) is 15.0. The minimum atomic E-state index is -0.488. The van der Waals surface area contributed by atoms with Gasteiger partial charge in [-0.25, -0.2) is 10.4 Å². The number of benzene rings is 2. The summed E-state index contributed by atoms with van der Waals surface area (Å²) in [6, 6.07) is 11.5. The molecule has 1 aromatic heterocycles. The van der Waals surface area contributed by atoms with Crippen molar-refractivity contribution in [2.75, 3.05) is 5.73 Å². The number of fused-ring (bicyclic) bond motifs is 1. The maximum absolute atomic E-state index is 11.9. The summed E-state index contributed by atoms with van der Waals surface area (Å²) in [4.78, 5) is 26.3. The van der Waals surface area contributed by atoms with Crippen molar-refractivity contribution in [3.63, 3.8) is 0 Å². The predicted octanol–water partition coefficient (Wildman–Crippen LogP) is 2.48. The molecule has 1 amide bonds. The molecule has 0 saturated heterocycles. The Balaban J connectivity index is 1.61. The van der Waals surface area contributed by atoms with Crippen LogP contribution in [0, 0.1) is 10.1 Å². The van der Waals surface area contributed by atoms with E-state index in [1.54, 1.807) is 12.1 Å². The number of amides is 1. The number of nitro benzene ring substituents is 1. The number of carbonyl (C=O) groups is 1. The second-order valence-electron chi connectivity index (χ2n) is 5.18. The SMILES string of the molecule is Nc1nc2ccc(CC(=O)N/N=C\c3cccc([N+](=O)[O-])c3)cc2s1. The molecule has 3 N–H and O–H groups in total. The van der Waals surface area contributed by atoms with E-state index in [0.717, 1.165) is 15.8 Å². The smallest absolute Gasteiger partial charge is 0.270 e. The third kappa shape index (κ3) is 4.15. The third-order valence-corrected chi connectivity index (χ3v) is 4.17. The highest BCUT2D eigenvalue weighted by molar-refractivity contribution is 7.22. The summed E-state index contributed by atoms with van der Waals surface area (Å²) in [6.45, 7) is 0. The number of nitrogen functional groups attached to an aromatic ring is 1. The quantitative estimate of drug-likeness (QED) is 0.413. The Hall–Kier alpha value is -3.33. The van der Waals surface area contributed by atoms with E-state index in [0.29, 0.717) is 10.7 Å². The van der Waals surface area contributed by atoms with Gasteiger partial charge in [-0.2, -0.15) is 5.10 Å². The molecule has 0 unspecified atom stereocenters. The first kappa shape index (κ1) is 16.5. The molecule has 9 heteroatoms. The standard InChI is InChI=1S/C16H13N5O3S/c17-16-19-13-5-4-10(7-14(13)25-16)8-15(22)20-18-9-11-2-1-3-12(6-11)21(23)24/h1-7,9H,8H2,(H2,17,19)(H,20,22)/b18-9-. The zero-order valence-corrected chi connectivity index (χ0v) is 13.7. The van der Waals surface area contributed by atoms with Gasteiger partial charge in [0.2, 0.25) is 5.91 Å². The van der Waals surface area contributed by atoms with Gasteiger partial charge in [-0.15, -0.1) is 0 Å². The molecule has 0 bridgehead atoms. The number of nitrogens with zero attached hydrogens (tertiary/aromatic N) is 3. The van der Waals surface area contributed by atoms with Gasteiger partial charge in [0.1, 0.15) is 0 Å². The second kappa shape index (κ2) is 7.05. The normalized spacial score (nSPS) is 11.0. The van der Waals surface area contributed by atoms with Crippen LogP contribution < -0.4 is 11.2 Å². The molecule has 0 aliphatic carbocycles. The summed E-state index contributed by atoms with van der Waals surface area (Å²) in [7, 11) is 0. The van der Waals surface area contributed by atoms with Gasteiger partial charge in [0.25, 0.3) is 5.69 Å². The van der Waals surface area contributed by atoms with Crippen LogP contribution in [0.15, 0.2) is 47.6 Å². The van der Waals surface area contributed by atoms with E-state index in [2.05, 4.69) is 15.5 Å². The minimum Gasteiger partial charge on any atom is -0.375 e. The van der Waals surface area contributed by atoms with Gasteiger partial charge in [-0.1, -0.05) is 29.5 Å². The molecule has 0 spiro atoms. The molecule has 25 heavy (non-hydrogen) atoms. The van der Waals surface area contributed by atoms with Crippen LogP contribution in [0.25, 0.3) is 10.2 Å². The highest BCUT2D eigenvalue weighted by Gasteiger charge is 2.07. The fourth-order valence-corrected chi connectivity index (χ4v) is 3.02. The number of nitrogens with two attached hydrogens (primary N) is 1. The van der Waals surface area contributed by atoms with Crippen LogP contribution in [0.5, 0.6) is 0 Å². The number of nitro groups is 1. The van der Waals surface area contributed by atoms with Gasteiger partial charge in [-0.3, -0.25) is 14.9 Å². The molecule has 0 atom stereocenters. The van der Waals surface area contributed by atoms with Crippen LogP contribution in [0.3, 0.4) is 0 Å². The summed E-state index contributed by atoms with van der Waals surface area (Å²) >= 11 is 1.36. The number of non-ortho nitro benzene ring substituents is 1. The third-order valence-electron chi connectivity index (χ3n) is 3.32. The summed E-state index contributed by atoms with van der Waals surface area (Å²) in [6.07, 6.45) is 1.51. The lowest BCUT2D eigenvalue weighted by atomic mass is 10.1. The maximum atomic E-state index is 11.9. The first-order valence-corrected chi connectivity index (χ1v) is 8.04. The molecule has 1 heterocycles. The topological polar surface area (TPSA) is 124 Å². The van der Waals surface area contributed by atoms with Crippen molar-refractivity contribution in [2.24, 2.45) is 5.10 Å². The highest BCUT2D eigenvalue weighted by atomic mass is 32.1. The van der Waals surface area contributed by atoms with Crippen LogP contribution in [-0.2, 0) is 11.2 Å². The van der Waals surface area contributed by atoms with Crippen LogP contribution in [-0.4, -0.2) is 22.0 Å². The first-order chi connectivity index (χ1) is 12.0. The molecule has 0 aliphatic heterocycles. The van der Waals surface area contributed by atoms with Crippen LogP contribution in [0.2, 0.25) is 0 Å². The number of rotatable bonds is 5. The lowest BCUT2D eigenvalue weighted by Crippen LogP contribution is -2.19. The molecule has 126 valence electrons. The number of hydrogen-bond acceptors (Lipinski definition) is 7. The van der Waals surface area contributed by atoms with Gasteiger partial charge in [-0.05, 0) is 17.7 Å². The molecule has 8 nitrogen and oxygen atoms in total. The second-order valence-corrected chi connectivity index (χ2v) is 6.24. The van der Waals surface area contributed by atoms with Crippen molar-refractivity contribution in [1.82, 2.24) is 10.4 Å². The van der Waals surface area contributed by atoms with Crippen molar-refractivity contribution >= 4 is 44.5 Å². The molecule has 0 fully saturated rings. The lowest BCUT2D eigenvalue weighted by molar-refractivity contribution is -0.384. The van der Waals surface area contributed by atoms with Gasteiger partial charge in [0, 0.05) is 17.7 Å². The van der Waals surface area contributed by atoms with Crippen molar-refractivity contribution in [3.05, 3.63) is 63.7 Å². The molecular weight excluding hydrogens is 342 g/mol. The zero-order valence-electron chi connectivity index (χ0n) is 12.9. The van der Waals surface area contributed by atoms with Crippen LogP contribution in [0.4, 0.5) is 10.8 Å². The Bertz CT molecular complexity index is 983. The van der Waals surface area contributed by atoms with Crippen molar-refractivity contribution in [3.8, 4) is 0 Å². The Kier molecular flexibility index (Phi) is 4.66. The summed E-state index contributed by atoms with van der Waals surface area (Å²) in [5.74, 6) is -0.293. The molecule has 3 rings (SSSR count). The van der Waals surface area contributed by atoms with E-state index < -0.39 is 4.92 Å². The van der Waals surface area contributed by atoms with Crippen LogP contribution in [0.1, 0.15) is 11.1 Å². The monoisotopic (exact) mass is 355 g/mol. The lowest BCUT2D eigenvalue weighted by Gasteiger charge is -2.00. The largest absolute Gasteiger partial charge is 0.375 e. The zero-order chi connectivity index (χ0) is 17.8. The molecule has 2 aromatic carbocycles. The Labute approximate surface area is 146 Å². The van der Waals surface area contributed by atoms with Gasteiger partial charge < -0.3 is 5.73 Å². The molecule has 0 radical (unpaired) electrons. The van der Waals surface area contributed by atoms with E-state index in [1.807, 2.05) is 18.2 Å². The van der Waals surface area contributed by atoms with Crippen molar-refractivity contribution < 1.29 is 9.72 Å². The van der Waals surface area contributed by atoms with Crippen LogP contribution >= 0.6 is 11.3 Å². The number of anilines is 1. The average molecular weight is 355 g/mol. The fourth-order valence-electron chi connectivity index (χ4n) is 2.22. The summed E-state index contributed by atoms with van der Waals surface area (Å²) in [5.41, 5.74) is 10.2. The fraction of sp³-hybridized carbons (Fsp3) is 0.0625. The van der Waals surface area contributed by atoms with Gasteiger partial charge in [0.05, 0.1) is 27.8 Å². The van der Waals surface area contributed by atoms with Gasteiger partial charge in [0.15, 0.2) is 5.13 Å². The number of thiazole rings is 1. The number of carbonyl (C=O) groups excluding carboxylic acids is 1. The highest BCUT2D eigenvalue weighted by Crippen LogP contribution is 2.24. The number of nitrogens with one attached hydrogen (secondary N) is 1. The number of aromatic nitrogens is 1. The first-order valence-electron chi connectivity index (χ1n) is 7.22. The van der Waals surface area contributed by atoms with E-state index >= 15 is 0 Å². The van der Waals surface area contributed by atoms with Crippen molar-refractivity contribution in [2.45, 2.75) is 6.42 Å². The van der Waals surface area contributed by atoms with Crippen molar-refractivity contribution in [1.29, 1.82) is 0 Å². The Morgan fingerprint density at radius 2 is 2.20 bits per heavy atom. The molecule has 3 aromatic rings. The van der Waals surface area contributed by atoms with E-state index in [-0.39, 0.29) is 18.0 Å². The van der Waals surface area contributed by atoms with E-state index in [9.17, 15) is 14.9 Å². The maximum Gasteiger partial charge on any atom is 0.270 e. The number of hydrazone groups is 1. The van der Waals surface area contributed by atoms with Gasteiger partial charge >= 0.3 is 0 Å². The summed E-state index contributed by atoms with van der Waals surface area (Å²) < 4.78 is 0.919. The molecule has 0 aliphatic rings. The molecular formula is C16H13N5O3S. The minimum absolute atomic E-state index is 0.0348. The Morgan fingerprint density at radius 1 is 1.36 bits per heavy atom. The van der Waals surface area contributed by atoms with E-state index in [4.69, 9.17) is 5.73 Å². The average Bonchev–Trinajstić information content (AvgIpc) is 2.94.